The molecule has 0 amide bonds. The van der Waals surface area contributed by atoms with Crippen molar-refractivity contribution in [3.8, 4) is 90.0 Å². The van der Waals surface area contributed by atoms with Crippen LogP contribution in [0.2, 0.25) is 0 Å². The summed E-state index contributed by atoms with van der Waals surface area (Å²) >= 11 is 0. The second-order valence-electron chi connectivity index (χ2n) is 18.8. The van der Waals surface area contributed by atoms with Gasteiger partial charge in [-0.3, -0.25) is 0 Å². The molecule has 11 aromatic carbocycles. The smallest absolute Gasteiger partial charge is 0.164 e. The lowest BCUT2D eigenvalue weighted by Crippen LogP contribution is -2.00. The first-order chi connectivity index (χ1) is 36.7. The van der Waals surface area contributed by atoms with E-state index in [0.717, 1.165) is 55.8 Å². The normalized spacial score (nSPS) is 11.5. The van der Waals surface area contributed by atoms with E-state index in [1.165, 1.54) is 60.3 Å². The van der Waals surface area contributed by atoms with Crippen LogP contribution in [-0.2, 0) is 0 Å². The zero-order valence-corrected chi connectivity index (χ0v) is 40.2. The van der Waals surface area contributed by atoms with E-state index in [1.54, 1.807) is 0 Å². The summed E-state index contributed by atoms with van der Waals surface area (Å²) in [6.45, 7) is 0. The minimum Gasteiger partial charge on any atom is -0.309 e. The van der Waals surface area contributed by atoms with E-state index in [4.69, 9.17) is 15.0 Å². The molecule has 0 unspecified atom stereocenters. The van der Waals surface area contributed by atoms with Gasteiger partial charge in [0.15, 0.2) is 17.5 Å². The molecular formula is C69H45N5. The summed E-state index contributed by atoms with van der Waals surface area (Å²) in [5.74, 6) is 1.92. The van der Waals surface area contributed by atoms with Gasteiger partial charge in [-0.2, -0.15) is 0 Å². The quantitative estimate of drug-likeness (QED) is 0.145. The highest BCUT2D eigenvalue weighted by atomic mass is 15.0. The van der Waals surface area contributed by atoms with Gasteiger partial charge < -0.3 is 9.13 Å². The summed E-state index contributed by atoms with van der Waals surface area (Å²) in [5, 5.41) is 4.91. The van der Waals surface area contributed by atoms with Crippen LogP contribution in [0.5, 0.6) is 0 Å². The Hall–Kier alpha value is -9.97. The second kappa shape index (κ2) is 18.0. The van der Waals surface area contributed by atoms with Gasteiger partial charge in [0.2, 0.25) is 0 Å². The molecule has 14 rings (SSSR count). The zero-order chi connectivity index (χ0) is 49.0. The Morgan fingerprint density at radius 3 is 0.973 bits per heavy atom. The van der Waals surface area contributed by atoms with Gasteiger partial charge in [-0.15, -0.1) is 0 Å². The van der Waals surface area contributed by atoms with Crippen molar-refractivity contribution in [2.45, 2.75) is 0 Å². The van der Waals surface area contributed by atoms with Crippen molar-refractivity contribution in [3.63, 3.8) is 0 Å². The van der Waals surface area contributed by atoms with E-state index in [1.807, 2.05) is 60.7 Å². The number of hydrogen-bond donors (Lipinski definition) is 0. The van der Waals surface area contributed by atoms with Crippen LogP contribution < -0.4 is 0 Å². The molecule has 346 valence electrons. The van der Waals surface area contributed by atoms with E-state index in [2.05, 4.69) is 221 Å². The zero-order valence-electron chi connectivity index (χ0n) is 40.2. The van der Waals surface area contributed by atoms with Crippen LogP contribution in [0.3, 0.4) is 0 Å². The van der Waals surface area contributed by atoms with Crippen molar-refractivity contribution in [1.29, 1.82) is 0 Å². The Kier molecular flexibility index (Phi) is 10.4. The van der Waals surface area contributed by atoms with Crippen molar-refractivity contribution in [2.75, 3.05) is 0 Å². The molecule has 5 heteroatoms. The van der Waals surface area contributed by atoms with Gasteiger partial charge in [0, 0.05) is 49.6 Å². The minimum absolute atomic E-state index is 0.632. The van der Waals surface area contributed by atoms with Crippen LogP contribution in [0.25, 0.3) is 134 Å². The summed E-state index contributed by atoms with van der Waals surface area (Å²) in [6, 6.07) is 97.4. The Labute approximate surface area is 428 Å². The molecule has 5 nitrogen and oxygen atoms in total. The lowest BCUT2D eigenvalue weighted by molar-refractivity contribution is 1.07. The van der Waals surface area contributed by atoms with Gasteiger partial charge in [0.1, 0.15) is 0 Å². The lowest BCUT2D eigenvalue weighted by atomic mass is 9.97. The Morgan fingerprint density at radius 2 is 0.500 bits per heavy atom. The average molecular weight is 944 g/mol. The Bertz CT molecular complexity index is 4360. The second-order valence-corrected chi connectivity index (χ2v) is 18.8. The van der Waals surface area contributed by atoms with Crippen LogP contribution in [0, 0.1) is 0 Å². The highest BCUT2D eigenvalue weighted by Crippen LogP contribution is 2.40. The molecule has 0 saturated carbocycles. The monoisotopic (exact) mass is 943 g/mol. The van der Waals surface area contributed by atoms with Crippen LogP contribution in [0.15, 0.2) is 273 Å². The van der Waals surface area contributed by atoms with E-state index in [9.17, 15) is 0 Å². The SMILES string of the molecule is c1ccc(-c2cccc(-n3c4ccccc4c4cc(-c5ccc6c(c5)c5ccccc5n6-c5cccc(-c6cccc(-c7cccc(-c8nc(-c9ccccc9)nc(-c9ccccc9)n8)c7)c6)c5)ccc43)c2)cc1. The van der Waals surface area contributed by atoms with Gasteiger partial charge in [-0.1, -0.05) is 200 Å². The molecule has 0 spiro atoms. The standard InChI is InChI=1S/C69H45N5/c1-4-18-46(19-5-1)52-27-16-30-57(42-52)73-63-34-12-10-32-59(63)61-44-54(36-38-65(61)73)55-37-39-66-62(45-55)60-33-11-13-35-64(60)74(66)58-31-17-28-53(43-58)50-25-14-24-49(40-50)51-26-15-29-56(41-51)69-71-67(47-20-6-2-7-21-47)70-68(72-69)48-22-8-3-9-23-48/h1-45H. The fraction of sp³-hybridized carbons (Fsp3) is 0. The van der Waals surface area contributed by atoms with Crippen molar-refractivity contribution in [2.24, 2.45) is 0 Å². The fourth-order valence-electron chi connectivity index (χ4n) is 10.8. The summed E-state index contributed by atoms with van der Waals surface area (Å²) in [7, 11) is 0. The number of aromatic nitrogens is 5. The van der Waals surface area contributed by atoms with Gasteiger partial charge in [-0.05, 0) is 117 Å². The predicted molar refractivity (Wildman–Crippen MR) is 307 cm³/mol. The number of nitrogens with zero attached hydrogens (tertiary/aromatic N) is 5. The van der Waals surface area contributed by atoms with E-state index in [0.29, 0.717) is 17.5 Å². The van der Waals surface area contributed by atoms with E-state index >= 15 is 0 Å². The van der Waals surface area contributed by atoms with Crippen LogP contribution in [-0.4, -0.2) is 24.1 Å². The maximum atomic E-state index is 5.01. The highest BCUT2D eigenvalue weighted by molar-refractivity contribution is 6.13. The molecule has 74 heavy (non-hydrogen) atoms. The lowest BCUT2D eigenvalue weighted by Gasteiger charge is -2.12. The largest absolute Gasteiger partial charge is 0.309 e. The predicted octanol–water partition coefficient (Wildman–Crippen LogP) is 17.7. The topological polar surface area (TPSA) is 48.5 Å². The summed E-state index contributed by atoms with van der Waals surface area (Å²) in [4.78, 5) is 14.9. The molecule has 0 saturated heterocycles. The molecular weight excluding hydrogens is 899 g/mol. The fourth-order valence-corrected chi connectivity index (χ4v) is 10.8. The van der Waals surface area contributed by atoms with Gasteiger partial charge in [0.05, 0.1) is 22.1 Å². The average Bonchev–Trinajstić information content (AvgIpc) is 4.03. The molecule has 0 bridgehead atoms. The molecule has 0 atom stereocenters. The number of rotatable bonds is 9. The molecule has 0 aliphatic heterocycles. The van der Waals surface area contributed by atoms with Crippen LogP contribution >= 0.6 is 0 Å². The first-order valence-electron chi connectivity index (χ1n) is 25.1. The minimum atomic E-state index is 0.632. The summed E-state index contributed by atoms with van der Waals surface area (Å²) in [5.41, 5.74) is 19.0. The van der Waals surface area contributed by atoms with Crippen molar-refractivity contribution in [1.82, 2.24) is 24.1 Å². The molecule has 3 aromatic heterocycles. The number of para-hydroxylation sites is 2. The van der Waals surface area contributed by atoms with E-state index in [-0.39, 0.29) is 0 Å². The maximum Gasteiger partial charge on any atom is 0.164 e. The maximum absolute atomic E-state index is 5.01. The van der Waals surface area contributed by atoms with Crippen molar-refractivity contribution in [3.05, 3.63) is 273 Å². The third-order valence-electron chi connectivity index (χ3n) is 14.3. The third kappa shape index (κ3) is 7.63. The number of benzene rings is 11. The Balaban J connectivity index is 0.811. The van der Waals surface area contributed by atoms with Crippen LogP contribution in [0.1, 0.15) is 0 Å². The molecule has 0 aliphatic carbocycles. The molecule has 0 aliphatic rings. The van der Waals surface area contributed by atoms with E-state index < -0.39 is 0 Å². The number of hydrogen-bond acceptors (Lipinski definition) is 3. The third-order valence-corrected chi connectivity index (χ3v) is 14.3. The number of fused-ring (bicyclic) bond motifs is 6. The molecule has 14 aromatic rings. The summed E-state index contributed by atoms with van der Waals surface area (Å²) < 4.78 is 4.81. The summed E-state index contributed by atoms with van der Waals surface area (Å²) in [6.07, 6.45) is 0. The Morgan fingerprint density at radius 1 is 0.189 bits per heavy atom. The molecule has 3 heterocycles. The van der Waals surface area contributed by atoms with Crippen LogP contribution in [0.4, 0.5) is 0 Å². The van der Waals surface area contributed by atoms with Gasteiger partial charge >= 0.3 is 0 Å². The first-order valence-corrected chi connectivity index (χ1v) is 25.1. The van der Waals surface area contributed by atoms with Crippen molar-refractivity contribution < 1.29 is 0 Å². The van der Waals surface area contributed by atoms with Crippen molar-refractivity contribution >= 4 is 43.6 Å². The molecule has 0 radical (unpaired) electrons. The van der Waals surface area contributed by atoms with Gasteiger partial charge in [-0.25, -0.2) is 15.0 Å². The first kappa shape index (κ1) is 42.9. The molecule has 0 fully saturated rings. The molecule has 0 N–H and O–H groups in total. The highest BCUT2D eigenvalue weighted by Gasteiger charge is 2.18. The van der Waals surface area contributed by atoms with Gasteiger partial charge in [0.25, 0.3) is 0 Å².